The second kappa shape index (κ2) is 9.03. The van der Waals surface area contributed by atoms with Crippen LogP contribution in [0.2, 0.25) is 0 Å². The second-order valence-electron chi connectivity index (χ2n) is 8.15. The van der Waals surface area contributed by atoms with Gasteiger partial charge in [0.25, 0.3) is 5.91 Å². The van der Waals surface area contributed by atoms with Crippen LogP contribution < -0.4 is 19.5 Å². The summed E-state index contributed by atoms with van der Waals surface area (Å²) in [4.78, 5) is 14.8. The Bertz CT molecular complexity index is 993. The summed E-state index contributed by atoms with van der Waals surface area (Å²) in [5.74, 6) is 0.771. The second-order valence-corrected chi connectivity index (χ2v) is 8.15. The molecule has 2 atom stereocenters. The standard InChI is InChI=1S/C22H27F3N4O4/c1-31-16-9-13(10-17(32-2)19(16)33-3)15-11-18(22(23,24)25)29-20(27-15)14(12-26-29)21(30)28-7-5-4-6-8-28/h9-10,12,15,18,27H,4-8,11H2,1-3H3/t15-,18-/m1/s1. The maximum Gasteiger partial charge on any atom is 0.410 e. The summed E-state index contributed by atoms with van der Waals surface area (Å²) >= 11 is 0. The molecule has 1 aromatic carbocycles. The number of ether oxygens (including phenoxy) is 3. The number of anilines is 1. The number of fused-ring (bicyclic) bond motifs is 1. The highest BCUT2D eigenvalue weighted by Crippen LogP contribution is 2.47. The van der Waals surface area contributed by atoms with Crippen molar-refractivity contribution in [3.63, 3.8) is 0 Å². The molecular weight excluding hydrogens is 441 g/mol. The highest BCUT2D eigenvalue weighted by atomic mass is 19.4. The first-order valence-electron chi connectivity index (χ1n) is 10.8. The molecule has 1 amide bonds. The van der Waals surface area contributed by atoms with Crippen LogP contribution in [0.5, 0.6) is 17.2 Å². The van der Waals surface area contributed by atoms with Gasteiger partial charge in [-0.1, -0.05) is 0 Å². The zero-order chi connectivity index (χ0) is 23.8. The molecule has 4 rings (SSSR count). The Morgan fingerprint density at radius 3 is 2.24 bits per heavy atom. The van der Waals surface area contributed by atoms with Crippen LogP contribution in [-0.4, -0.2) is 61.2 Å². The van der Waals surface area contributed by atoms with Crippen molar-refractivity contribution in [3.8, 4) is 17.2 Å². The van der Waals surface area contributed by atoms with E-state index in [1.807, 2.05) is 0 Å². The van der Waals surface area contributed by atoms with Crippen molar-refractivity contribution in [2.24, 2.45) is 0 Å². The molecular formula is C22H27F3N4O4. The van der Waals surface area contributed by atoms with Gasteiger partial charge in [-0.15, -0.1) is 0 Å². The van der Waals surface area contributed by atoms with Gasteiger partial charge in [-0.25, -0.2) is 4.68 Å². The molecule has 2 aliphatic heterocycles. The molecule has 2 aliphatic rings. The lowest BCUT2D eigenvalue weighted by Gasteiger charge is -2.35. The normalized spacial score (nSPS) is 20.6. The summed E-state index contributed by atoms with van der Waals surface area (Å²) < 4.78 is 59.0. The van der Waals surface area contributed by atoms with Gasteiger partial charge in [-0.2, -0.15) is 18.3 Å². The predicted molar refractivity (Wildman–Crippen MR) is 114 cm³/mol. The maximum absolute atomic E-state index is 14.0. The molecule has 1 aromatic heterocycles. The molecule has 11 heteroatoms. The van der Waals surface area contributed by atoms with Gasteiger partial charge in [-0.3, -0.25) is 4.79 Å². The van der Waals surface area contributed by atoms with Gasteiger partial charge in [0.05, 0.1) is 33.6 Å². The Morgan fingerprint density at radius 1 is 1.06 bits per heavy atom. The summed E-state index contributed by atoms with van der Waals surface area (Å²) in [6.45, 7) is 1.17. The molecule has 1 N–H and O–H groups in total. The van der Waals surface area contributed by atoms with Crippen LogP contribution in [0.25, 0.3) is 0 Å². The van der Waals surface area contributed by atoms with Crippen LogP contribution in [0.1, 0.15) is 53.7 Å². The Labute approximate surface area is 189 Å². The number of hydrogen-bond acceptors (Lipinski definition) is 6. The predicted octanol–water partition coefficient (Wildman–Crippen LogP) is 4.20. The molecule has 180 valence electrons. The van der Waals surface area contributed by atoms with Crippen LogP contribution >= 0.6 is 0 Å². The van der Waals surface area contributed by atoms with Gasteiger partial charge < -0.3 is 24.4 Å². The van der Waals surface area contributed by atoms with E-state index in [4.69, 9.17) is 14.2 Å². The molecule has 2 aromatic rings. The van der Waals surface area contributed by atoms with E-state index in [9.17, 15) is 18.0 Å². The van der Waals surface area contributed by atoms with Gasteiger partial charge in [0.15, 0.2) is 17.5 Å². The molecule has 33 heavy (non-hydrogen) atoms. The van der Waals surface area contributed by atoms with E-state index in [1.165, 1.54) is 27.5 Å². The molecule has 3 heterocycles. The Kier molecular flexibility index (Phi) is 6.31. The monoisotopic (exact) mass is 468 g/mol. The Balaban J connectivity index is 1.75. The molecule has 0 bridgehead atoms. The van der Waals surface area contributed by atoms with Crippen molar-refractivity contribution in [1.29, 1.82) is 0 Å². The Morgan fingerprint density at radius 2 is 1.70 bits per heavy atom. The number of benzene rings is 1. The maximum atomic E-state index is 14.0. The minimum Gasteiger partial charge on any atom is -0.493 e. The third-order valence-electron chi connectivity index (χ3n) is 6.20. The van der Waals surface area contributed by atoms with Crippen molar-refractivity contribution in [3.05, 3.63) is 29.5 Å². The van der Waals surface area contributed by atoms with E-state index >= 15 is 0 Å². The lowest BCUT2D eigenvalue weighted by molar-refractivity contribution is -0.173. The summed E-state index contributed by atoms with van der Waals surface area (Å²) in [7, 11) is 4.34. The molecule has 0 radical (unpaired) electrons. The molecule has 1 saturated heterocycles. The van der Waals surface area contributed by atoms with Crippen LogP contribution in [-0.2, 0) is 0 Å². The van der Waals surface area contributed by atoms with E-state index in [0.29, 0.717) is 35.9 Å². The number of nitrogens with one attached hydrogen (secondary N) is 1. The lowest BCUT2D eigenvalue weighted by atomic mass is 9.95. The number of amides is 1. The topological polar surface area (TPSA) is 77.9 Å². The first-order valence-corrected chi connectivity index (χ1v) is 10.8. The fraction of sp³-hybridized carbons (Fsp3) is 0.545. The molecule has 0 unspecified atom stereocenters. The molecule has 0 spiro atoms. The van der Waals surface area contributed by atoms with Gasteiger partial charge >= 0.3 is 6.18 Å². The van der Waals surface area contributed by atoms with Crippen LogP contribution in [0.4, 0.5) is 19.0 Å². The van der Waals surface area contributed by atoms with Gasteiger partial charge in [-0.05, 0) is 37.0 Å². The first kappa shape index (κ1) is 23.1. The van der Waals surface area contributed by atoms with E-state index in [2.05, 4.69) is 10.4 Å². The minimum absolute atomic E-state index is 0.0675. The van der Waals surface area contributed by atoms with Crippen molar-refractivity contribution in [2.75, 3.05) is 39.7 Å². The van der Waals surface area contributed by atoms with E-state index in [-0.39, 0.29) is 23.7 Å². The molecule has 8 nitrogen and oxygen atoms in total. The highest BCUT2D eigenvalue weighted by Gasteiger charge is 2.47. The van der Waals surface area contributed by atoms with Crippen molar-refractivity contribution >= 4 is 11.7 Å². The number of likely N-dealkylation sites (tertiary alicyclic amines) is 1. The van der Waals surface area contributed by atoms with Gasteiger partial charge in [0.2, 0.25) is 5.75 Å². The summed E-state index contributed by atoms with van der Waals surface area (Å²) in [6.07, 6.45) is -0.839. The van der Waals surface area contributed by atoms with Gasteiger partial charge in [0, 0.05) is 19.5 Å². The highest BCUT2D eigenvalue weighted by molar-refractivity contribution is 5.99. The number of alkyl halides is 3. The average molecular weight is 468 g/mol. The summed E-state index contributed by atoms with van der Waals surface area (Å²) in [5.41, 5.74) is 0.658. The SMILES string of the molecule is COc1cc([C@H]2C[C@H](C(F)(F)F)n3ncc(C(=O)N4CCCCC4)c3N2)cc(OC)c1OC. The third kappa shape index (κ3) is 4.28. The number of rotatable bonds is 5. The number of carbonyl (C=O) groups excluding carboxylic acids is 1. The number of methoxy groups -OCH3 is 3. The van der Waals surface area contributed by atoms with Crippen molar-refractivity contribution < 1.29 is 32.2 Å². The van der Waals surface area contributed by atoms with Crippen molar-refractivity contribution in [2.45, 2.75) is 43.9 Å². The lowest BCUT2D eigenvalue weighted by Crippen LogP contribution is -2.38. The number of hydrogen-bond donors (Lipinski definition) is 1. The van der Waals surface area contributed by atoms with E-state index in [0.717, 1.165) is 23.9 Å². The summed E-state index contributed by atoms with van der Waals surface area (Å²) in [5, 5.41) is 7.09. The van der Waals surface area contributed by atoms with Crippen LogP contribution in [0.15, 0.2) is 18.3 Å². The van der Waals surface area contributed by atoms with Crippen LogP contribution in [0.3, 0.4) is 0 Å². The number of carbonyl (C=O) groups is 1. The molecule has 0 aliphatic carbocycles. The number of aromatic nitrogens is 2. The van der Waals surface area contributed by atoms with Crippen LogP contribution in [0, 0.1) is 0 Å². The quantitative estimate of drug-likeness (QED) is 0.709. The fourth-order valence-corrected chi connectivity index (χ4v) is 4.51. The first-order chi connectivity index (χ1) is 15.8. The Hall–Kier alpha value is -3.11. The minimum atomic E-state index is -4.55. The van der Waals surface area contributed by atoms with Crippen molar-refractivity contribution in [1.82, 2.24) is 14.7 Å². The average Bonchev–Trinajstić information content (AvgIpc) is 3.25. The molecule has 1 fully saturated rings. The number of piperidine rings is 1. The van der Waals surface area contributed by atoms with E-state index < -0.39 is 18.3 Å². The summed E-state index contributed by atoms with van der Waals surface area (Å²) in [6, 6.07) is 0.582. The fourth-order valence-electron chi connectivity index (χ4n) is 4.51. The molecule has 0 saturated carbocycles. The smallest absolute Gasteiger partial charge is 0.410 e. The van der Waals surface area contributed by atoms with Gasteiger partial charge in [0.1, 0.15) is 11.4 Å². The van der Waals surface area contributed by atoms with E-state index in [1.54, 1.807) is 17.0 Å². The zero-order valence-electron chi connectivity index (χ0n) is 18.7. The number of halogens is 3. The largest absolute Gasteiger partial charge is 0.493 e. The third-order valence-corrected chi connectivity index (χ3v) is 6.20. The zero-order valence-corrected chi connectivity index (χ0v) is 18.7. The number of nitrogens with zero attached hydrogens (tertiary/aromatic N) is 3.